The third kappa shape index (κ3) is 2.58. The van der Waals surface area contributed by atoms with Gasteiger partial charge in [-0.05, 0) is 37.3 Å². The molecule has 1 aromatic heterocycles. The van der Waals surface area contributed by atoms with Crippen LogP contribution >= 0.6 is 27.5 Å². The molecule has 2 nitrogen and oxygen atoms in total. The summed E-state index contributed by atoms with van der Waals surface area (Å²) in [5.41, 5.74) is 3.23. The summed E-state index contributed by atoms with van der Waals surface area (Å²) in [6.45, 7) is 1.78. The zero-order valence-electron chi connectivity index (χ0n) is 11.4. The third-order valence-electron chi connectivity index (χ3n) is 3.48. The Bertz CT molecular complexity index is 813. The van der Waals surface area contributed by atoms with E-state index in [1.54, 1.807) is 13.0 Å². The largest absolute Gasteiger partial charge is 0.296 e. The molecule has 0 amide bonds. The van der Waals surface area contributed by atoms with Crippen molar-refractivity contribution in [3.63, 3.8) is 0 Å². The molecule has 0 aliphatic carbocycles. The number of fused-ring (bicyclic) bond motifs is 1. The van der Waals surface area contributed by atoms with Gasteiger partial charge < -0.3 is 0 Å². The normalized spacial score (nSPS) is 11.2. The van der Waals surface area contributed by atoms with Gasteiger partial charge in [0.1, 0.15) is 11.6 Å². The van der Waals surface area contributed by atoms with Crippen molar-refractivity contribution in [3.8, 4) is 5.69 Å². The molecule has 0 N–H and O–H groups in total. The van der Waals surface area contributed by atoms with Crippen LogP contribution in [0.4, 0.5) is 4.39 Å². The molecule has 0 saturated carbocycles. The van der Waals surface area contributed by atoms with Gasteiger partial charge in [0.2, 0.25) is 0 Å². The Kier molecular flexibility index (Phi) is 4.00. The van der Waals surface area contributed by atoms with Gasteiger partial charge in [0.25, 0.3) is 0 Å². The fourth-order valence-electron chi connectivity index (χ4n) is 2.46. The molecule has 0 aliphatic rings. The minimum Gasteiger partial charge on any atom is -0.296 e. The summed E-state index contributed by atoms with van der Waals surface area (Å²) in [5.74, 6) is 1.09. The molecule has 2 aromatic carbocycles. The topological polar surface area (TPSA) is 17.8 Å². The van der Waals surface area contributed by atoms with Gasteiger partial charge in [-0.25, -0.2) is 9.37 Å². The number of aromatic nitrogens is 2. The van der Waals surface area contributed by atoms with Gasteiger partial charge >= 0.3 is 0 Å². The second-order valence-corrected chi connectivity index (χ2v) is 6.11. The Morgan fingerprint density at radius 1 is 1.29 bits per heavy atom. The molecule has 0 spiro atoms. The highest BCUT2D eigenvalue weighted by molar-refractivity contribution is 9.10. The van der Waals surface area contributed by atoms with Crippen LogP contribution in [0.15, 0.2) is 40.9 Å². The number of imidazole rings is 1. The quantitative estimate of drug-likeness (QED) is 0.595. The van der Waals surface area contributed by atoms with Crippen molar-refractivity contribution in [3.05, 3.63) is 58.1 Å². The first-order valence-corrected chi connectivity index (χ1v) is 7.93. The summed E-state index contributed by atoms with van der Waals surface area (Å²) in [4.78, 5) is 4.63. The summed E-state index contributed by atoms with van der Waals surface area (Å²) in [6.07, 6.45) is 0.629. The third-order valence-corrected chi connectivity index (χ3v) is 4.17. The average molecular weight is 368 g/mol. The number of benzene rings is 2. The van der Waals surface area contributed by atoms with Crippen LogP contribution in [0.25, 0.3) is 16.7 Å². The van der Waals surface area contributed by atoms with Crippen LogP contribution in [0.1, 0.15) is 11.4 Å². The fraction of sp³-hybridized carbons (Fsp3) is 0.188. The van der Waals surface area contributed by atoms with Crippen molar-refractivity contribution in [2.45, 2.75) is 13.3 Å². The molecular weight excluding hydrogens is 355 g/mol. The van der Waals surface area contributed by atoms with Gasteiger partial charge in [-0.1, -0.05) is 22.0 Å². The second-order valence-electron chi connectivity index (χ2n) is 4.82. The Labute approximate surface area is 135 Å². The minimum atomic E-state index is -0.221. The summed E-state index contributed by atoms with van der Waals surface area (Å²) >= 11 is 9.37. The summed E-state index contributed by atoms with van der Waals surface area (Å²) < 4.78 is 16.8. The predicted molar refractivity (Wildman–Crippen MR) is 87.9 cm³/mol. The van der Waals surface area contributed by atoms with Crippen LogP contribution in [-0.4, -0.2) is 15.4 Å². The molecule has 0 unspecified atom stereocenters. The maximum absolute atomic E-state index is 13.9. The zero-order chi connectivity index (χ0) is 15.0. The highest BCUT2D eigenvalue weighted by Crippen LogP contribution is 2.27. The molecule has 0 bridgehead atoms. The first-order valence-electron chi connectivity index (χ1n) is 6.60. The van der Waals surface area contributed by atoms with Crippen LogP contribution in [0.5, 0.6) is 0 Å². The Balaban J connectivity index is 2.35. The van der Waals surface area contributed by atoms with E-state index in [2.05, 4.69) is 20.9 Å². The predicted octanol–water partition coefficient (Wildman–Crippen LogP) is 5.02. The van der Waals surface area contributed by atoms with E-state index in [4.69, 9.17) is 11.6 Å². The average Bonchev–Trinajstić information content (AvgIpc) is 2.80. The standard InChI is InChI=1S/C16H13BrClFN2/c1-10-12(19)3-2-4-14(10)21-15-9-11(17)5-6-13(15)20-16(21)7-8-18/h2-6,9H,7-8H2,1H3. The van der Waals surface area contributed by atoms with Gasteiger partial charge in [-0.15, -0.1) is 11.6 Å². The molecule has 108 valence electrons. The van der Waals surface area contributed by atoms with Crippen LogP contribution in [0.3, 0.4) is 0 Å². The number of rotatable bonds is 3. The smallest absolute Gasteiger partial charge is 0.128 e. The molecule has 0 atom stereocenters. The van der Waals surface area contributed by atoms with E-state index in [0.717, 1.165) is 27.0 Å². The molecule has 0 radical (unpaired) electrons. The molecule has 5 heteroatoms. The van der Waals surface area contributed by atoms with E-state index in [0.29, 0.717) is 17.9 Å². The van der Waals surface area contributed by atoms with Gasteiger partial charge in [0.05, 0.1) is 16.7 Å². The first kappa shape index (κ1) is 14.5. The van der Waals surface area contributed by atoms with Crippen molar-refractivity contribution in [1.82, 2.24) is 9.55 Å². The molecular formula is C16H13BrClFN2. The molecule has 21 heavy (non-hydrogen) atoms. The van der Waals surface area contributed by atoms with Gasteiger partial charge in [-0.2, -0.15) is 0 Å². The fourth-order valence-corrected chi connectivity index (χ4v) is 2.98. The summed E-state index contributed by atoms with van der Waals surface area (Å²) in [7, 11) is 0. The molecule has 3 aromatic rings. The van der Waals surface area contributed by atoms with Crippen molar-refractivity contribution in [2.75, 3.05) is 5.88 Å². The lowest BCUT2D eigenvalue weighted by molar-refractivity contribution is 0.616. The molecule has 0 fully saturated rings. The zero-order valence-corrected chi connectivity index (χ0v) is 13.7. The number of hydrogen-bond donors (Lipinski definition) is 0. The van der Waals surface area contributed by atoms with E-state index in [1.807, 2.05) is 28.8 Å². The van der Waals surface area contributed by atoms with E-state index in [-0.39, 0.29) is 5.82 Å². The Morgan fingerprint density at radius 2 is 2.10 bits per heavy atom. The van der Waals surface area contributed by atoms with Gasteiger partial charge in [0, 0.05) is 22.3 Å². The number of aryl methyl sites for hydroxylation is 1. The van der Waals surface area contributed by atoms with Crippen LogP contribution in [0.2, 0.25) is 0 Å². The van der Waals surface area contributed by atoms with E-state index < -0.39 is 0 Å². The molecule has 0 saturated heterocycles. The van der Waals surface area contributed by atoms with Gasteiger partial charge in [0.15, 0.2) is 0 Å². The highest BCUT2D eigenvalue weighted by Gasteiger charge is 2.15. The number of nitrogens with zero attached hydrogens (tertiary/aromatic N) is 2. The lowest BCUT2D eigenvalue weighted by atomic mass is 10.1. The number of halogens is 3. The molecule has 1 heterocycles. The Morgan fingerprint density at radius 3 is 2.86 bits per heavy atom. The SMILES string of the molecule is Cc1c(F)cccc1-n1c(CCCl)nc2ccc(Br)cc21. The summed E-state index contributed by atoms with van der Waals surface area (Å²) in [6, 6.07) is 11.0. The lowest BCUT2D eigenvalue weighted by Crippen LogP contribution is -2.05. The van der Waals surface area contributed by atoms with Crippen molar-refractivity contribution < 1.29 is 4.39 Å². The summed E-state index contributed by atoms with van der Waals surface area (Å²) in [5, 5.41) is 0. The van der Waals surface area contributed by atoms with Crippen molar-refractivity contribution in [1.29, 1.82) is 0 Å². The second kappa shape index (κ2) is 5.78. The van der Waals surface area contributed by atoms with Crippen LogP contribution in [-0.2, 0) is 6.42 Å². The van der Waals surface area contributed by atoms with E-state index in [1.165, 1.54) is 6.07 Å². The Hall–Kier alpha value is -1.39. The van der Waals surface area contributed by atoms with E-state index >= 15 is 0 Å². The number of alkyl halides is 1. The minimum absolute atomic E-state index is 0.221. The highest BCUT2D eigenvalue weighted by atomic mass is 79.9. The molecule has 0 aliphatic heterocycles. The van der Waals surface area contributed by atoms with Crippen LogP contribution < -0.4 is 0 Å². The van der Waals surface area contributed by atoms with Crippen LogP contribution in [0, 0.1) is 12.7 Å². The lowest BCUT2D eigenvalue weighted by Gasteiger charge is -2.12. The van der Waals surface area contributed by atoms with E-state index in [9.17, 15) is 4.39 Å². The first-order chi connectivity index (χ1) is 10.1. The monoisotopic (exact) mass is 366 g/mol. The van der Waals surface area contributed by atoms with Crippen molar-refractivity contribution >= 4 is 38.6 Å². The maximum atomic E-state index is 13.9. The van der Waals surface area contributed by atoms with Crippen molar-refractivity contribution in [2.24, 2.45) is 0 Å². The molecule has 3 rings (SSSR count). The van der Waals surface area contributed by atoms with Gasteiger partial charge in [-0.3, -0.25) is 4.57 Å². The number of hydrogen-bond acceptors (Lipinski definition) is 1. The maximum Gasteiger partial charge on any atom is 0.128 e.